The van der Waals surface area contributed by atoms with Crippen molar-refractivity contribution in [2.45, 2.75) is 31.6 Å². The van der Waals surface area contributed by atoms with Gasteiger partial charge in [-0.2, -0.15) is 0 Å². The Morgan fingerprint density at radius 1 is 1.16 bits per heavy atom. The summed E-state index contributed by atoms with van der Waals surface area (Å²) in [6, 6.07) is 11.2. The molecule has 1 saturated carbocycles. The van der Waals surface area contributed by atoms with Crippen LogP contribution in [0.1, 0.15) is 30.9 Å². The van der Waals surface area contributed by atoms with Crippen molar-refractivity contribution in [2.75, 3.05) is 6.61 Å². The lowest BCUT2D eigenvalue weighted by Gasteiger charge is -2.09. The average Bonchev–Trinajstić information content (AvgIpc) is 3.06. The van der Waals surface area contributed by atoms with Gasteiger partial charge in [-0.3, -0.25) is 0 Å². The third-order valence-corrected chi connectivity index (χ3v) is 6.10. The number of aryl methyl sites for hydroxylation is 1. The number of benzene rings is 2. The van der Waals surface area contributed by atoms with Gasteiger partial charge in [-0.1, -0.05) is 26.0 Å². The highest BCUT2D eigenvalue weighted by atomic mass is 32.2. The van der Waals surface area contributed by atoms with E-state index in [0.29, 0.717) is 18.3 Å². The summed E-state index contributed by atoms with van der Waals surface area (Å²) >= 11 is 0. The number of sulfonamides is 1. The summed E-state index contributed by atoms with van der Waals surface area (Å²) in [5.74, 6) is 0.997. The first kappa shape index (κ1) is 17.9. The third-order valence-electron chi connectivity index (χ3n) is 5.17. The third kappa shape index (κ3) is 3.55. The van der Waals surface area contributed by atoms with Crippen molar-refractivity contribution in [3.8, 4) is 5.75 Å². The maximum Gasteiger partial charge on any atom is 0.238 e. The molecule has 25 heavy (non-hydrogen) atoms. The van der Waals surface area contributed by atoms with Crippen molar-refractivity contribution in [3.63, 3.8) is 0 Å². The topological polar surface area (TPSA) is 69.4 Å². The zero-order valence-corrected chi connectivity index (χ0v) is 15.3. The number of primary sulfonamides is 1. The highest BCUT2D eigenvalue weighted by Gasteiger charge is 2.58. The van der Waals surface area contributed by atoms with Crippen molar-refractivity contribution in [1.29, 1.82) is 0 Å². The van der Waals surface area contributed by atoms with E-state index in [1.807, 2.05) is 19.1 Å². The van der Waals surface area contributed by atoms with Crippen molar-refractivity contribution in [1.82, 2.24) is 0 Å². The summed E-state index contributed by atoms with van der Waals surface area (Å²) in [6.07, 6.45) is 0. The van der Waals surface area contributed by atoms with Crippen LogP contribution in [0.15, 0.2) is 47.4 Å². The first-order valence-electron chi connectivity index (χ1n) is 8.12. The molecule has 0 spiro atoms. The predicted octanol–water partition coefficient (Wildman–Crippen LogP) is 3.60. The van der Waals surface area contributed by atoms with E-state index in [-0.39, 0.29) is 22.0 Å². The SMILES string of the molecule is Cc1cc(F)ccc1OC[C@H]1[C@H](c2ccc(S(N)(=O)=O)cc2)C1(C)C. The summed E-state index contributed by atoms with van der Waals surface area (Å²) < 4.78 is 41.8. The molecular weight excluding hydrogens is 341 g/mol. The van der Waals surface area contributed by atoms with E-state index in [1.165, 1.54) is 12.1 Å². The number of halogens is 1. The average molecular weight is 363 g/mol. The van der Waals surface area contributed by atoms with E-state index >= 15 is 0 Å². The highest BCUT2D eigenvalue weighted by molar-refractivity contribution is 7.89. The molecular formula is C19H22FNO3S. The molecule has 2 aromatic rings. The smallest absolute Gasteiger partial charge is 0.238 e. The van der Waals surface area contributed by atoms with Gasteiger partial charge in [0, 0.05) is 5.92 Å². The fraction of sp³-hybridized carbons (Fsp3) is 0.368. The fourth-order valence-electron chi connectivity index (χ4n) is 3.54. The van der Waals surface area contributed by atoms with Crippen LogP contribution >= 0.6 is 0 Å². The number of hydrogen-bond donors (Lipinski definition) is 1. The van der Waals surface area contributed by atoms with Gasteiger partial charge in [-0.15, -0.1) is 0 Å². The molecule has 6 heteroatoms. The van der Waals surface area contributed by atoms with Crippen LogP contribution < -0.4 is 9.88 Å². The zero-order chi connectivity index (χ0) is 18.4. The van der Waals surface area contributed by atoms with Crippen molar-refractivity contribution >= 4 is 10.0 Å². The minimum atomic E-state index is -3.68. The van der Waals surface area contributed by atoms with Gasteiger partial charge < -0.3 is 4.74 Å². The van der Waals surface area contributed by atoms with E-state index in [2.05, 4.69) is 13.8 Å². The molecule has 0 unspecified atom stereocenters. The lowest BCUT2D eigenvalue weighted by atomic mass is 10.0. The van der Waals surface area contributed by atoms with Crippen molar-refractivity contribution in [2.24, 2.45) is 16.5 Å². The first-order valence-corrected chi connectivity index (χ1v) is 9.67. The van der Waals surface area contributed by atoms with Crippen LogP contribution in [0.4, 0.5) is 4.39 Å². The molecule has 4 nitrogen and oxygen atoms in total. The second-order valence-corrected chi connectivity index (χ2v) is 8.80. The standard InChI is InChI=1S/C19H22FNO3S/c1-12-10-14(20)6-9-17(12)24-11-16-18(19(16,2)3)13-4-7-15(8-5-13)25(21,22)23/h4-10,16,18H,11H2,1-3H3,(H2,21,22,23)/t16-,18-/m0/s1. The van der Waals surface area contributed by atoms with Gasteiger partial charge in [-0.05, 0) is 59.7 Å². The van der Waals surface area contributed by atoms with Crippen LogP contribution in [0.25, 0.3) is 0 Å². The Morgan fingerprint density at radius 2 is 1.80 bits per heavy atom. The Balaban J connectivity index is 1.71. The molecule has 2 atom stereocenters. The summed E-state index contributed by atoms with van der Waals surface area (Å²) in [5.41, 5.74) is 1.89. The normalized spacial score (nSPS) is 21.8. The van der Waals surface area contributed by atoms with Gasteiger partial charge in [0.05, 0.1) is 11.5 Å². The molecule has 0 amide bonds. The quantitative estimate of drug-likeness (QED) is 0.882. The molecule has 3 rings (SSSR count). The fourth-order valence-corrected chi connectivity index (χ4v) is 4.05. The van der Waals surface area contributed by atoms with Gasteiger partial charge >= 0.3 is 0 Å². The van der Waals surface area contributed by atoms with Crippen molar-refractivity contribution in [3.05, 3.63) is 59.4 Å². The van der Waals surface area contributed by atoms with Crippen LogP contribution in [0, 0.1) is 24.1 Å². The molecule has 1 fully saturated rings. The summed E-state index contributed by atoms with van der Waals surface area (Å²) in [7, 11) is -3.68. The van der Waals surface area contributed by atoms with Gasteiger partial charge in [0.15, 0.2) is 0 Å². The lowest BCUT2D eigenvalue weighted by Crippen LogP contribution is -2.11. The number of hydrogen-bond acceptors (Lipinski definition) is 3. The summed E-state index contributed by atoms with van der Waals surface area (Å²) in [6.45, 7) is 6.68. The van der Waals surface area contributed by atoms with E-state index in [1.54, 1.807) is 18.2 Å². The minimum Gasteiger partial charge on any atom is -0.493 e. The Hall–Kier alpha value is -1.92. The van der Waals surface area contributed by atoms with E-state index in [4.69, 9.17) is 9.88 Å². The van der Waals surface area contributed by atoms with Crippen LogP contribution in [0.3, 0.4) is 0 Å². The largest absolute Gasteiger partial charge is 0.493 e. The number of rotatable bonds is 5. The lowest BCUT2D eigenvalue weighted by molar-refractivity contribution is 0.277. The van der Waals surface area contributed by atoms with Crippen molar-refractivity contribution < 1.29 is 17.5 Å². The van der Waals surface area contributed by atoms with Crippen LogP contribution in [0.2, 0.25) is 0 Å². The molecule has 0 heterocycles. The van der Waals surface area contributed by atoms with Gasteiger partial charge in [0.25, 0.3) is 0 Å². The van der Waals surface area contributed by atoms with Gasteiger partial charge in [0.1, 0.15) is 11.6 Å². The van der Waals surface area contributed by atoms with E-state index in [0.717, 1.165) is 11.1 Å². The molecule has 1 aliphatic rings. The number of ether oxygens (including phenoxy) is 1. The molecule has 2 N–H and O–H groups in total. The molecule has 0 radical (unpaired) electrons. The molecule has 1 aliphatic carbocycles. The van der Waals surface area contributed by atoms with E-state index < -0.39 is 10.0 Å². The van der Waals surface area contributed by atoms with Crippen LogP contribution in [-0.2, 0) is 10.0 Å². The Morgan fingerprint density at radius 3 is 2.36 bits per heavy atom. The Labute approximate surface area is 147 Å². The van der Waals surface area contributed by atoms with Gasteiger partial charge in [-0.25, -0.2) is 17.9 Å². The second kappa shape index (κ2) is 6.11. The zero-order valence-electron chi connectivity index (χ0n) is 14.5. The summed E-state index contributed by atoms with van der Waals surface area (Å²) in [5, 5.41) is 5.14. The molecule has 2 aromatic carbocycles. The number of nitrogens with two attached hydrogens (primary N) is 1. The van der Waals surface area contributed by atoms with Gasteiger partial charge in [0.2, 0.25) is 10.0 Å². The minimum absolute atomic E-state index is 0.0526. The highest BCUT2D eigenvalue weighted by Crippen LogP contribution is 2.64. The molecule has 134 valence electrons. The van der Waals surface area contributed by atoms with Crippen LogP contribution in [0.5, 0.6) is 5.75 Å². The van der Waals surface area contributed by atoms with E-state index in [9.17, 15) is 12.8 Å². The first-order chi connectivity index (χ1) is 11.6. The molecule has 0 bridgehead atoms. The molecule has 0 aliphatic heterocycles. The molecule has 0 saturated heterocycles. The Bertz CT molecular complexity index is 891. The Kier molecular flexibility index (Phi) is 4.37. The maximum absolute atomic E-state index is 13.2. The predicted molar refractivity (Wildman–Crippen MR) is 94.5 cm³/mol. The monoisotopic (exact) mass is 363 g/mol. The second-order valence-electron chi connectivity index (χ2n) is 7.24. The van der Waals surface area contributed by atoms with Crippen LogP contribution in [-0.4, -0.2) is 15.0 Å². The summed E-state index contributed by atoms with van der Waals surface area (Å²) in [4.78, 5) is 0.115. The maximum atomic E-state index is 13.2. The molecule has 0 aromatic heterocycles.